The van der Waals surface area contributed by atoms with Crippen molar-refractivity contribution >= 4 is 17.7 Å². The maximum absolute atomic E-state index is 12.0. The fourth-order valence-corrected chi connectivity index (χ4v) is 1.40. The molecule has 20 heavy (non-hydrogen) atoms. The molecule has 0 unspecified atom stereocenters. The van der Waals surface area contributed by atoms with E-state index in [1.165, 1.54) is 4.90 Å². The van der Waals surface area contributed by atoms with Gasteiger partial charge in [0, 0.05) is 0 Å². The summed E-state index contributed by atoms with van der Waals surface area (Å²) in [5, 5.41) is 0. The van der Waals surface area contributed by atoms with Crippen molar-refractivity contribution in [3.8, 4) is 0 Å². The summed E-state index contributed by atoms with van der Waals surface area (Å²) in [6.07, 6.45) is -0.780. The van der Waals surface area contributed by atoms with Crippen LogP contribution in [0.4, 0.5) is 10.5 Å². The van der Waals surface area contributed by atoms with Crippen molar-refractivity contribution in [2.75, 3.05) is 11.6 Å². The minimum Gasteiger partial charge on any atom is -0.446 e. The largest absolute Gasteiger partial charge is 0.446 e. The maximum atomic E-state index is 12.0. The van der Waals surface area contributed by atoms with Crippen LogP contribution in [0.2, 0.25) is 0 Å². The van der Waals surface area contributed by atoms with Gasteiger partial charge in [-0.05, 0) is 26.0 Å². The number of carbonyl (C=O) groups is 2. The van der Waals surface area contributed by atoms with Crippen LogP contribution in [-0.2, 0) is 14.3 Å². The Kier molecular flexibility index (Phi) is 6.03. The van der Waals surface area contributed by atoms with Gasteiger partial charge in [0.2, 0.25) is 0 Å². The Balaban J connectivity index is 2.80. The number of hydrogen-bond donors (Lipinski definition) is 0. The molecule has 0 aliphatic carbocycles. The third kappa shape index (κ3) is 4.91. The van der Waals surface area contributed by atoms with E-state index in [2.05, 4.69) is 0 Å². The van der Waals surface area contributed by atoms with Crippen molar-refractivity contribution in [3.05, 3.63) is 30.3 Å². The molecule has 0 N–H and O–H groups in total. The summed E-state index contributed by atoms with van der Waals surface area (Å²) >= 11 is 0. The maximum Gasteiger partial charge on any atom is 0.417 e. The first kappa shape index (κ1) is 16.0. The van der Waals surface area contributed by atoms with E-state index in [-0.39, 0.29) is 24.7 Å². The lowest BCUT2D eigenvalue weighted by Crippen LogP contribution is -2.36. The van der Waals surface area contributed by atoms with Gasteiger partial charge in [0.1, 0.15) is 0 Å². The van der Waals surface area contributed by atoms with Gasteiger partial charge in [-0.1, -0.05) is 32.0 Å². The van der Waals surface area contributed by atoms with Crippen LogP contribution in [0, 0.1) is 5.92 Å². The first-order valence-corrected chi connectivity index (χ1v) is 6.61. The molecule has 0 bridgehead atoms. The Bertz CT molecular complexity index is 442. The molecule has 0 spiro atoms. The standard InChI is InChI=1S/C15H21NO4/c1-11(2)14(17)19-10-16(15(18)20-12(3)4)13-8-6-5-7-9-13/h5-9,11-12H,10H2,1-4H3. The average Bonchev–Trinajstić information content (AvgIpc) is 2.39. The predicted molar refractivity (Wildman–Crippen MR) is 76.3 cm³/mol. The molecule has 0 heterocycles. The number of nitrogens with zero attached hydrogens (tertiary/aromatic N) is 1. The minimum atomic E-state index is -0.539. The molecule has 0 aromatic heterocycles. The summed E-state index contributed by atoms with van der Waals surface area (Å²) in [4.78, 5) is 24.9. The smallest absolute Gasteiger partial charge is 0.417 e. The molecule has 0 saturated heterocycles. The summed E-state index contributed by atoms with van der Waals surface area (Å²) in [5.74, 6) is -0.600. The molecule has 1 aromatic carbocycles. The lowest BCUT2D eigenvalue weighted by Gasteiger charge is -2.23. The van der Waals surface area contributed by atoms with Crippen LogP contribution in [-0.4, -0.2) is 24.9 Å². The Hall–Kier alpha value is -2.04. The topological polar surface area (TPSA) is 55.8 Å². The molecule has 0 saturated carbocycles. The number of esters is 1. The van der Waals surface area contributed by atoms with Crippen LogP contribution in [0.1, 0.15) is 27.7 Å². The molecule has 110 valence electrons. The van der Waals surface area contributed by atoms with E-state index in [9.17, 15) is 9.59 Å². The van der Waals surface area contributed by atoms with Crippen molar-refractivity contribution in [3.63, 3.8) is 0 Å². The van der Waals surface area contributed by atoms with Gasteiger partial charge in [0.05, 0.1) is 17.7 Å². The van der Waals surface area contributed by atoms with E-state index in [4.69, 9.17) is 9.47 Å². The molecule has 0 fully saturated rings. The zero-order valence-electron chi connectivity index (χ0n) is 12.3. The monoisotopic (exact) mass is 279 g/mol. The fourth-order valence-electron chi connectivity index (χ4n) is 1.40. The highest BCUT2D eigenvalue weighted by Crippen LogP contribution is 2.15. The quantitative estimate of drug-likeness (QED) is 0.613. The first-order valence-electron chi connectivity index (χ1n) is 6.61. The first-order chi connectivity index (χ1) is 9.41. The lowest BCUT2D eigenvalue weighted by atomic mass is 10.2. The number of amides is 1. The second-order valence-corrected chi connectivity index (χ2v) is 4.94. The summed E-state index contributed by atoms with van der Waals surface area (Å²) in [6, 6.07) is 8.95. The van der Waals surface area contributed by atoms with Gasteiger partial charge in [-0.25, -0.2) is 9.69 Å². The van der Waals surface area contributed by atoms with Gasteiger partial charge in [-0.3, -0.25) is 4.79 Å². The van der Waals surface area contributed by atoms with Crippen LogP contribution in [0.3, 0.4) is 0 Å². The summed E-state index contributed by atoms with van der Waals surface area (Å²) in [6.45, 7) is 6.85. The number of rotatable bonds is 5. The minimum absolute atomic E-state index is 0.160. The molecule has 0 aliphatic rings. The van der Waals surface area contributed by atoms with Gasteiger partial charge in [0.15, 0.2) is 6.73 Å². The molecular weight excluding hydrogens is 258 g/mol. The van der Waals surface area contributed by atoms with Crippen LogP contribution >= 0.6 is 0 Å². The number of hydrogen-bond acceptors (Lipinski definition) is 4. The fraction of sp³-hybridized carbons (Fsp3) is 0.467. The van der Waals surface area contributed by atoms with Crippen LogP contribution in [0.15, 0.2) is 30.3 Å². The highest BCUT2D eigenvalue weighted by atomic mass is 16.6. The normalized spacial score (nSPS) is 10.5. The van der Waals surface area contributed by atoms with Crippen LogP contribution < -0.4 is 4.90 Å². The van der Waals surface area contributed by atoms with E-state index in [1.54, 1.807) is 52.0 Å². The van der Waals surface area contributed by atoms with Crippen LogP contribution in [0.25, 0.3) is 0 Å². The highest BCUT2D eigenvalue weighted by molar-refractivity contribution is 5.87. The molecule has 0 radical (unpaired) electrons. The predicted octanol–water partition coefficient (Wildman–Crippen LogP) is 3.19. The number of benzene rings is 1. The van der Waals surface area contributed by atoms with Crippen molar-refractivity contribution in [2.24, 2.45) is 5.92 Å². The molecule has 1 rings (SSSR count). The van der Waals surface area contributed by atoms with Gasteiger partial charge in [0.25, 0.3) is 0 Å². The molecule has 1 amide bonds. The van der Waals surface area contributed by atoms with Gasteiger partial charge >= 0.3 is 12.1 Å². The van der Waals surface area contributed by atoms with Crippen molar-refractivity contribution < 1.29 is 19.1 Å². The zero-order valence-corrected chi connectivity index (χ0v) is 12.3. The summed E-state index contributed by atoms with van der Waals surface area (Å²) < 4.78 is 10.3. The second kappa shape index (κ2) is 7.53. The SMILES string of the molecule is CC(C)OC(=O)N(COC(=O)C(C)C)c1ccccc1. The zero-order chi connectivity index (χ0) is 15.1. The Labute approximate surface area is 119 Å². The van der Waals surface area contributed by atoms with E-state index in [0.717, 1.165) is 0 Å². The number of para-hydroxylation sites is 1. The Morgan fingerprint density at radius 2 is 1.70 bits per heavy atom. The van der Waals surface area contributed by atoms with E-state index >= 15 is 0 Å². The van der Waals surface area contributed by atoms with Crippen molar-refractivity contribution in [1.29, 1.82) is 0 Å². The molecular formula is C15H21NO4. The average molecular weight is 279 g/mol. The van der Waals surface area contributed by atoms with Gasteiger partial charge < -0.3 is 9.47 Å². The van der Waals surface area contributed by atoms with E-state index in [0.29, 0.717) is 5.69 Å². The number of anilines is 1. The van der Waals surface area contributed by atoms with Crippen molar-refractivity contribution in [1.82, 2.24) is 0 Å². The van der Waals surface area contributed by atoms with Gasteiger partial charge in [-0.2, -0.15) is 0 Å². The summed E-state index contributed by atoms with van der Waals surface area (Å²) in [5.41, 5.74) is 0.620. The van der Waals surface area contributed by atoms with E-state index < -0.39 is 6.09 Å². The molecule has 5 nitrogen and oxygen atoms in total. The lowest BCUT2D eigenvalue weighted by molar-refractivity contribution is -0.147. The number of ether oxygens (including phenoxy) is 2. The summed E-state index contributed by atoms with van der Waals surface area (Å²) in [7, 11) is 0. The van der Waals surface area contributed by atoms with Crippen LogP contribution in [0.5, 0.6) is 0 Å². The second-order valence-electron chi connectivity index (χ2n) is 4.94. The molecule has 0 atom stereocenters. The molecule has 1 aromatic rings. The molecule has 5 heteroatoms. The van der Waals surface area contributed by atoms with E-state index in [1.807, 2.05) is 6.07 Å². The number of carbonyl (C=O) groups excluding carboxylic acids is 2. The Morgan fingerprint density at radius 3 is 2.20 bits per heavy atom. The Morgan fingerprint density at radius 1 is 1.10 bits per heavy atom. The molecule has 0 aliphatic heterocycles. The van der Waals surface area contributed by atoms with Gasteiger partial charge in [-0.15, -0.1) is 0 Å². The highest BCUT2D eigenvalue weighted by Gasteiger charge is 2.20. The third-order valence-corrected chi connectivity index (χ3v) is 2.43. The third-order valence-electron chi connectivity index (χ3n) is 2.43. The van der Waals surface area contributed by atoms with Crippen molar-refractivity contribution in [2.45, 2.75) is 33.8 Å².